The van der Waals surface area contributed by atoms with Gasteiger partial charge in [-0.3, -0.25) is 9.69 Å². The minimum absolute atomic E-state index is 0.0939. The molecule has 12 heteroatoms. The Morgan fingerprint density at radius 3 is 2.50 bits per heavy atom. The molecule has 0 saturated carbocycles. The third kappa shape index (κ3) is 6.28. The molecular formula is C22H24F2N2O8-2. The van der Waals surface area contributed by atoms with Crippen LogP contribution in [-0.4, -0.2) is 53.5 Å². The number of phenolic OH excluding ortho intramolecular Hbond substituents is 1. The lowest BCUT2D eigenvalue weighted by Crippen LogP contribution is -2.51. The number of carboxylic acid groups (broad SMARTS) is 2. The number of unbranched alkanes of at least 4 members (excludes halogenated alkanes) is 1. The minimum atomic E-state index is -1.41. The average Bonchev–Trinajstić information content (AvgIpc) is 2.76. The van der Waals surface area contributed by atoms with Crippen LogP contribution in [0.5, 0.6) is 5.75 Å². The average molecular weight is 482 g/mol. The highest BCUT2D eigenvalue weighted by Gasteiger charge is 2.21. The molecule has 0 radical (unpaired) electrons. The van der Waals surface area contributed by atoms with Crippen LogP contribution in [0.4, 0.5) is 8.78 Å². The molecule has 10 nitrogen and oxygen atoms in total. The van der Waals surface area contributed by atoms with Crippen LogP contribution in [0.3, 0.4) is 0 Å². The quantitative estimate of drug-likeness (QED) is 0.288. The number of likely N-dealkylation sites (N-methyl/N-ethyl adjacent to an activating group) is 1. The second-order valence-electron chi connectivity index (χ2n) is 7.68. The van der Waals surface area contributed by atoms with Crippen molar-refractivity contribution in [3.63, 3.8) is 0 Å². The Balaban J connectivity index is 1.97. The number of fused-ring (bicyclic) bond motifs is 1. The van der Waals surface area contributed by atoms with Gasteiger partial charge in [0.1, 0.15) is 0 Å². The van der Waals surface area contributed by atoms with Gasteiger partial charge in [0.2, 0.25) is 11.7 Å². The number of aromatic hydroxyl groups is 1. The van der Waals surface area contributed by atoms with Crippen LogP contribution in [-0.2, 0) is 20.8 Å². The summed E-state index contributed by atoms with van der Waals surface area (Å²) in [5.41, 5.74) is -1.60. The first-order valence-electron chi connectivity index (χ1n) is 10.5. The van der Waals surface area contributed by atoms with E-state index in [1.807, 2.05) is 0 Å². The van der Waals surface area contributed by atoms with Crippen molar-refractivity contribution in [1.82, 2.24) is 10.2 Å². The SMILES string of the molecule is CCN(CC(=O)[O-])C(CCCCNC(=O)Cc1c(C)c2cc(F)c(O)c(F)c2oc1=O)C(=O)[O-]. The molecule has 1 amide bonds. The van der Waals surface area contributed by atoms with Crippen LogP contribution >= 0.6 is 0 Å². The largest absolute Gasteiger partial charge is 0.549 e. The van der Waals surface area contributed by atoms with E-state index < -0.39 is 65.4 Å². The van der Waals surface area contributed by atoms with E-state index in [4.69, 9.17) is 4.42 Å². The predicted octanol–water partition coefficient (Wildman–Crippen LogP) is -0.895. The Labute approximate surface area is 192 Å². The number of nitrogens with one attached hydrogen (secondary N) is 1. The molecular weight excluding hydrogens is 458 g/mol. The third-order valence-electron chi connectivity index (χ3n) is 5.46. The Morgan fingerprint density at radius 1 is 1.24 bits per heavy atom. The lowest BCUT2D eigenvalue weighted by molar-refractivity contribution is -0.315. The monoisotopic (exact) mass is 482 g/mol. The summed E-state index contributed by atoms with van der Waals surface area (Å²) in [5.74, 6) is -7.32. The molecule has 1 aromatic heterocycles. The van der Waals surface area contributed by atoms with E-state index in [1.54, 1.807) is 6.92 Å². The second kappa shape index (κ2) is 11.5. The molecule has 2 aromatic rings. The zero-order valence-electron chi connectivity index (χ0n) is 18.6. The Kier molecular flexibility index (Phi) is 9.07. The number of rotatable bonds is 12. The van der Waals surface area contributed by atoms with Gasteiger partial charge in [0, 0.05) is 24.5 Å². The number of hydrogen-bond acceptors (Lipinski definition) is 9. The number of hydrogen-bond donors (Lipinski definition) is 2. The number of carboxylic acids is 2. The van der Waals surface area contributed by atoms with Gasteiger partial charge in [0.15, 0.2) is 17.1 Å². The Hall–Kier alpha value is -3.54. The molecule has 0 saturated heterocycles. The molecule has 0 aliphatic rings. The number of aliphatic carboxylic acids is 2. The van der Waals surface area contributed by atoms with E-state index in [1.165, 1.54) is 11.8 Å². The lowest BCUT2D eigenvalue weighted by Gasteiger charge is -2.31. The summed E-state index contributed by atoms with van der Waals surface area (Å²) in [6, 6.07) is -0.315. The van der Waals surface area contributed by atoms with E-state index in [0.717, 1.165) is 6.07 Å². The number of aryl methyl sites for hydroxylation is 1. The van der Waals surface area contributed by atoms with Gasteiger partial charge in [-0.25, -0.2) is 9.18 Å². The first kappa shape index (κ1) is 26.7. The minimum Gasteiger partial charge on any atom is -0.549 e. The highest BCUT2D eigenvalue weighted by atomic mass is 19.1. The number of benzene rings is 1. The van der Waals surface area contributed by atoms with Gasteiger partial charge in [-0.15, -0.1) is 0 Å². The van der Waals surface area contributed by atoms with Crippen molar-refractivity contribution in [3.8, 4) is 5.75 Å². The fourth-order valence-electron chi connectivity index (χ4n) is 3.62. The van der Waals surface area contributed by atoms with Crippen molar-refractivity contribution in [2.75, 3.05) is 19.6 Å². The van der Waals surface area contributed by atoms with E-state index in [0.29, 0.717) is 12.8 Å². The third-order valence-corrected chi connectivity index (χ3v) is 5.46. The van der Waals surface area contributed by atoms with Crippen molar-refractivity contribution >= 4 is 28.8 Å². The summed E-state index contributed by atoms with van der Waals surface area (Å²) < 4.78 is 32.6. The zero-order chi connectivity index (χ0) is 25.6. The molecule has 1 unspecified atom stereocenters. The topological polar surface area (TPSA) is 163 Å². The fraction of sp³-hybridized carbons (Fsp3) is 0.455. The number of carbonyl (C=O) groups is 3. The maximum atomic E-state index is 14.0. The molecule has 2 rings (SSSR count). The molecule has 1 atom stereocenters. The summed E-state index contributed by atoms with van der Waals surface area (Å²) in [6.45, 7) is 2.76. The van der Waals surface area contributed by atoms with Crippen molar-refractivity contribution in [3.05, 3.63) is 39.2 Å². The molecule has 186 valence electrons. The Morgan fingerprint density at radius 2 is 1.91 bits per heavy atom. The van der Waals surface area contributed by atoms with Crippen molar-refractivity contribution in [2.24, 2.45) is 0 Å². The highest BCUT2D eigenvalue weighted by molar-refractivity contribution is 5.85. The van der Waals surface area contributed by atoms with Gasteiger partial charge in [-0.1, -0.05) is 6.92 Å². The summed E-state index contributed by atoms with van der Waals surface area (Å²) in [7, 11) is 0. The van der Waals surface area contributed by atoms with Crippen molar-refractivity contribution < 1.29 is 42.9 Å². The first-order chi connectivity index (χ1) is 16.0. The molecule has 0 aliphatic heterocycles. The fourth-order valence-corrected chi connectivity index (χ4v) is 3.62. The van der Waals surface area contributed by atoms with Crippen LogP contribution in [0.25, 0.3) is 11.0 Å². The molecule has 0 aliphatic carbocycles. The zero-order valence-corrected chi connectivity index (χ0v) is 18.6. The van der Waals surface area contributed by atoms with Gasteiger partial charge >= 0.3 is 5.63 Å². The van der Waals surface area contributed by atoms with Gasteiger partial charge < -0.3 is 34.6 Å². The van der Waals surface area contributed by atoms with Gasteiger partial charge in [0.25, 0.3) is 0 Å². The summed E-state index contributed by atoms with van der Waals surface area (Å²) in [5, 5.41) is 33.9. The number of carbonyl (C=O) groups excluding carboxylic acids is 3. The molecule has 0 spiro atoms. The van der Waals surface area contributed by atoms with Crippen LogP contribution < -0.4 is 21.2 Å². The van der Waals surface area contributed by atoms with E-state index >= 15 is 0 Å². The maximum Gasteiger partial charge on any atom is 0.340 e. The lowest BCUT2D eigenvalue weighted by atomic mass is 10.0. The normalized spacial score (nSPS) is 12.1. The number of halogens is 2. The molecule has 0 bridgehead atoms. The first-order valence-corrected chi connectivity index (χ1v) is 10.5. The van der Waals surface area contributed by atoms with Crippen LogP contribution in [0.15, 0.2) is 15.3 Å². The van der Waals surface area contributed by atoms with Gasteiger partial charge in [0.05, 0.1) is 23.9 Å². The Bertz CT molecular complexity index is 1150. The van der Waals surface area contributed by atoms with Crippen LogP contribution in [0, 0.1) is 18.6 Å². The van der Waals surface area contributed by atoms with E-state index in [-0.39, 0.29) is 36.0 Å². The smallest absolute Gasteiger partial charge is 0.340 e. The molecule has 34 heavy (non-hydrogen) atoms. The van der Waals surface area contributed by atoms with Gasteiger partial charge in [-0.05, 0) is 44.4 Å². The molecule has 1 aromatic carbocycles. The van der Waals surface area contributed by atoms with Crippen molar-refractivity contribution in [2.45, 2.75) is 45.6 Å². The highest BCUT2D eigenvalue weighted by Crippen LogP contribution is 2.30. The number of nitrogens with zero attached hydrogens (tertiary/aromatic N) is 1. The van der Waals surface area contributed by atoms with Gasteiger partial charge in [-0.2, -0.15) is 4.39 Å². The van der Waals surface area contributed by atoms with E-state index in [2.05, 4.69) is 5.32 Å². The number of amides is 1. The summed E-state index contributed by atoms with van der Waals surface area (Å²) in [4.78, 5) is 47.8. The van der Waals surface area contributed by atoms with E-state index in [9.17, 15) is 43.3 Å². The second-order valence-corrected chi connectivity index (χ2v) is 7.68. The predicted molar refractivity (Wildman–Crippen MR) is 110 cm³/mol. The van der Waals surface area contributed by atoms with Crippen LogP contribution in [0.1, 0.15) is 37.3 Å². The van der Waals surface area contributed by atoms with Crippen molar-refractivity contribution in [1.29, 1.82) is 0 Å². The summed E-state index contributed by atoms with van der Waals surface area (Å²) in [6.07, 6.45) is 0.364. The van der Waals surface area contributed by atoms with Crippen LogP contribution in [0.2, 0.25) is 0 Å². The standard InChI is InChI=1S/C22H26F2N2O8/c1-3-26(10-17(28)29)15(21(31)32)6-4-5-7-25-16(27)9-13-11(2)12-8-14(23)19(30)18(24)20(12)34-22(13)33/h8,15,30H,3-7,9-10H2,1-2H3,(H,25,27)(H,28,29)(H,31,32)/p-2. The maximum absolute atomic E-state index is 14.0. The summed E-state index contributed by atoms with van der Waals surface area (Å²) >= 11 is 0. The molecule has 2 N–H and O–H groups in total. The number of phenols is 1. The molecule has 0 fully saturated rings. The molecule has 1 heterocycles.